The molecular formula is C12H18O7. The Balaban J connectivity index is 3.55. The summed E-state index contributed by atoms with van der Waals surface area (Å²) in [6, 6.07) is 0. The first-order chi connectivity index (χ1) is 8.91. The number of carbonyl (C=O) groups excluding carboxylic acids is 2. The van der Waals surface area contributed by atoms with Crippen LogP contribution in [0, 0.1) is 0 Å². The molecule has 0 atom stereocenters. The van der Waals surface area contributed by atoms with Gasteiger partial charge in [0.15, 0.2) is 0 Å². The molecule has 0 spiro atoms. The van der Waals surface area contributed by atoms with Crippen molar-refractivity contribution in [3.8, 4) is 0 Å². The Labute approximate surface area is 110 Å². The summed E-state index contributed by atoms with van der Waals surface area (Å²) in [4.78, 5) is 42.7. The molecule has 0 rings (SSSR count). The first-order valence-corrected chi connectivity index (χ1v) is 6.09. The van der Waals surface area contributed by atoms with Gasteiger partial charge in [-0.3, -0.25) is 19.2 Å². The fourth-order valence-electron chi connectivity index (χ4n) is 1.32. The van der Waals surface area contributed by atoms with Crippen molar-refractivity contribution in [3.63, 3.8) is 0 Å². The number of hydrogen-bond acceptors (Lipinski definition) is 5. The lowest BCUT2D eigenvalue weighted by molar-refractivity contribution is -0.160. The summed E-state index contributed by atoms with van der Waals surface area (Å²) in [6.07, 6.45) is 1.42. The molecule has 0 aliphatic carbocycles. The zero-order valence-corrected chi connectivity index (χ0v) is 10.6. The maximum Gasteiger partial charge on any atom is 0.313 e. The summed E-state index contributed by atoms with van der Waals surface area (Å²) < 4.78 is 4.49. The Kier molecular flexibility index (Phi) is 9.03. The SMILES string of the molecule is O=C(O)CCCCC(=O)OC(=O)CCCCC(=O)O. The lowest BCUT2D eigenvalue weighted by Crippen LogP contribution is -2.12. The van der Waals surface area contributed by atoms with Gasteiger partial charge in [-0.15, -0.1) is 0 Å². The van der Waals surface area contributed by atoms with E-state index in [0.29, 0.717) is 25.7 Å². The lowest BCUT2D eigenvalue weighted by atomic mass is 10.2. The molecule has 0 saturated heterocycles. The molecule has 2 N–H and O–H groups in total. The number of hydrogen-bond donors (Lipinski definition) is 2. The van der Waals surface area contributed by atoms with Crippen LogP contribution in [0.4, 0.5) is 0 Å². The topological polar surface area (TPSA) is 118 Å². The van der Waals surface area contributed by atoms with Crippen molar-refractivity contribution in [2.45, 2.75) is 51.4 Å². The van der Waals surface area contributed by atoms with Crippen LogP contribution < -0.4 is 0 Å². The molecule has 0 fully saturated rings. The van der Waals surface area contributed by atoms with Crippen molar-refractivity contribution in [1.29, 1.82) is 0 Å². The average molecular weight is 274 g/mol. The summed E-state index contributed by atoms with van der Waals surface area (Å²) in [5.74, 6) is -3.20. The van der Waals surface area contributed by atoms with Gasteiger partial charge in [0, 0.05) is 25.7 Å². The van der Waals surface area contributed by atoms with Gasteiger partial charge >= 0.3 is 23.9 Å². The van der Waals surface area contributed by atoms with Crippen molar-refractivity contribution in [2.24, 2.45) is 0 Å². The fourth-order valence-corrected chi connectivity index (χ4v) is 1.32. The molecule has 0 heterocycles. The highest BCUT2D eigenvalue weighted by molar-refractivity contribution is 5.85. The number of unbranched alkanes of at least 4 members (excludes halogenated alkanes) is 2. The normalized spacial score (nSPS) is 9.89. The number of carbonyl (C=O) groups is 4. The minimum absolute atomic E-state index is 0.00808. The zero-order valence-electron chi connectivity index (χ0n) is 10.6. The van der Waals surface area contributed by atoms with Gasteiger partial charge in [-0.05, 0) is 25.7 Å². The predicted molar refractivity (Wildman–Crippen MR) is 63.3 cm³/mol. The molecule has 7 nitrogen and oxygen atoms in total. The van der Waals surface area contributed by atoms with Crippen molar-refractivity contribution in [3.05, 3.63) is 0 Å². The Morgan fingerprint density at radius 2 is 0.947 bits per heavy atom. The van der Waals surface area contributed by atoms with Crippen LogP contribution in [0.3, 0.4) is 0 Å². The van der Waals surface area contributed by atoms with Gasteiger partial charge in [0.2, 0.25) is 0 Å². The number of aliphatic carboxylic acids is 2. The third-order valence-electron chi connectivity index (χ3n) is 2.27. The van der Waals surface area contributed by atoms with Crippen molar-refractivity contribution in [2.75, 3.05) is 0 Å². The summed E-state index contributed by atoms with van der Waals surface area (Å²) in [5, 5.41) is 16.7. The molecular weight excluding hydrogens is 256 g/mol. The first kappa shape index (κ1) is 17.1. The van der Waals surface area contributed by atoms with Gasteiger partial charge < -0.3 is 14.9 Å². The number of rotatable bonds is 10. The molecule has 0 amide bonds. The van der Waals surface area contributed by atoms with Crippen molar-refractivity contribution < 1.29 is 34.1 Å². The van der Waals surface area contributed by atoms with E-state index >= 15 is 0 Å². The van der Waals surface area contributed by atoms with E-state index in [-0.39, 0.29) is 25.7 Å². The van der Waals surface area contributed by atoms with E-state index in [0.717, 1.165) is 0 Å². The van der Waals surface area contributed by atoms with Crippen LogP contribution in [-0.2, 0) is 23.9 Å². The predicted octanol–water partition coefficient (Wildman–Crippen LogP) is 1.35. The van der Waals surface area contributed by atoms with E-state index in [1.165, 1.54) is 0 Å². The molecule has 0 aliphatic heterocycles. The molecule has 19 heavy (non-hydrogen) atoms. The summed E-state index contributed by atoms with van der Waals surface area (Å²) >= 11 is 0. The van der Waals surface area contributed by atoms with E-state index in [1.807, 2.05) is 0 Å². The summed E-state index contributed by atoms with van der Waals surface area (Å²) in [5.41, 5.74) is 0. The molecule has 0 aliphatic rings. The van der Waals surface area contributed by atoms with E-state index in [9.17, 15) is 19.2 Å². The van der Waals surface area contributed by atoms with E-state index in [4.69, 9.17) is 10.2 Å². The molecule has 0 radical (unpaired) electrons. The van der Waals surface area contributed by atoms with Gasteiger partial charge in [0.1, 0.15) is 0 Å². The second kappa shape index (κ2) is 10.0. The molecule has 7 heteroatoms. The summed E-state index contributed by atoms with van der Waals surface area (Å²) in [7, 11) is 0. The van der Waals surface area contributed by atoms with Crippen LogP contribution in [-0.4, -0.2) is 34.1 Å². The molecule has 0 unspecified atom stereocenters. The quantitative estimate of drug-likeness (QED) is 0.350. The molecule has 0 aromatic carbocycles. The van der Waals surface area contributed by atoms with Gasteiger partial charge in [-0.1, -0.05) is 0 Å². The van der Waals surface area contributed by atoms with E-state index in [2.05, 4.69) is 4.74 Å². The average Bonchev–Trinajstić information content (AvgIpc) is 2.30. The highest BCUT2D eigenvalue weighted by Crippen LogP contribution is 2.05. The smallest absolute Gasteiger partial charge is 0.313 e. The van der Waals surface area contributed by atoms with Crippen LogP contribution in [0.25, 0.3) is 0 Å². The number of carboxylic acids is 2. The molecule has 0 bridgehead atoms. The second-order valence-electron chi connectivity index (χ2n) is 4.05. The monoisotopic (exact) mass is 274 g/mol. The number of ether oxygens (including phenoxy) is 1. The van der Waals surface area contributed by atoms with Crippen LogP contribution >= 0.6 is 0 Å². The Bertz CT molecular complexity index is 303. The number of carboxylic acid groups (broad SMARTS) is 2. The molecule has 0 aromatic rings. The van der Waals surface area contributed by atoms with Crippen LogP contribution in [0.15, 0.2) is 0 Å². The second-order valence-corrected chi connectivity index (χ2v) is 4.05. The molecule has 0 aromatic heterocycles. The standard InChI is InChI=1S/C12H18O7/c13-9(14)5-1-3-7-11(17)19-12(18)8-4-2-6-10(15)16/h1-8H2,(H,13,14)(H,15,16). The Morgan fingerprint density at radius 3 is 1.26 bits per heavy atom. The largest absolute Gasteiger partial charge is 0.481 e. The Hall–Kier alpha value is -1.92. The first-order valence-electron chi connectivity index (χ1n) is 6.09. The minimum Gasteiger partial charge on any atom is -0.481 e. The van der Waals surface area contributed by atoms with Crippen molar-refractivity contribution >= 4 is 23.9 Å². The maximum absolute atomic E-state index is 11.2. The van der Waals surface area contributed by atoms with Gasteiger partial charge in [-0.2, -0.15) is 0 Å². The van der Waals surface area contributed by atoms with Crippen LogP contribution in [0.5, 0.6) is 0 Å². The lowest BCUT2D eigenvalue weighted by Gasteiger charge is -2.02. The van der Waals surface area contributed by atoms with E-state index < -0.39 is 23.9 Å². The van der Waals surface area contributed by atoms with Gasteiger partial charge in [0.05, 0.1) is 0 Å². The fraction of sp³-hybridized carbons (Fsp3) is 0.667. The van der Waals surface area contributed by atoms with Crippen LogP contribution in [0.2, 0.25) is 0 Å². The maximum atomic E-state index is 11.2. The van der Waals surface area contributed by atoms with Crippen LogP contribution in [0.1, 0.15) is 51.4 Å². The van der Waals surface area contributed by atoms with Gasteiger partial charge in [0.25, 0.3) is 0 Å². The third kappa shape index (κ3) is 12.3. The highest BCUT2D eigenvalue weighted by atomic mass is 16.6. The van der Waals surface area contributed by atoms with Crippen molar-refractivity contribution in [1.82, 2.24) is 0 Å². The molecule has 0 saturated carbocycles. The van der Waals surface area contributed by atoms with Gasteiger partial charge in [-0.25, -0.2) is 0 Å². The zero-order chi connectivity index (χ0) is 14.7. The number of esters is 2. The van der Waals surface area contributed by atoms with E-state index in [1.54, 1.807) is 0 Å². The minimum atomic E-state index is -0.928. The Morgan fingerprint density at radius 1 is 0.632 bits per heavy atom. The third-order valence-corrected chi connectivity index (χ3v) is 2.27. The molecule has 108 valence electrons. The summed E-state index contributed by atoms with van der Waals surface area (Å²) in [6.45, 7) is 0. The highest BCUT2D eigenvalue weighted by Gasteiger charge is 2.10.